The number of Topliss-reactive ketones (excluding diaryl/α,β-unsaturated/α-hetero) is 1. The first kappa shape index (κ1) is 40.7. The van der Waals surface area contributed by atoms with Crippen LogP contribution in [0, 0.1) is 0 Å². The Balaban J connectivity index is 1.78. The predicted molar refractivity (Wildman–Crippen MR) is 216 cm³/mol. The largest absolute Gasteiger partial charge is 0.497 e. The highest BCUT2D eigenvalue weighted by Gasteiger charge is 2.22. The molecule has 4 rings (SSSR count). The van der Waals surface area contributed by atoms with E-state index in [2.05, 4.69) is 20.1 Å². The van der Waals surface area contributed by atoms with Crippen molar-refractivity contribution in [2.45, 2.75) is 39.0 Å². The Morgan fingerprint density at radius 3 is 1.59 bits per heavy atom. The minimum Gasteiger partial charge on any atom is -0.497 e. The van der Waals surface area contributed by atoms with Crippen molar-refractivity contribution in [3.05, 3.63) is 144 Å². The molecule has 0 atom stereocenters. The molecule has 4 aromatic rings. The molecule has 0 spiro atoms. The van der Waals surface area contributed by atoms with Gasteiger partial charge in [-0.2, -0.15) is 0 Å². The summed E-state index contributed by atoms with van der Waals surface area (Å²) in [6.07, 6.45) is 7.88. The number of allylic oxidation sites excluding steroid dienone is 4. The molecule has 0 bridgehead atoms. The van der Waals surface area contributed by atoms with Gasteiger partial charge in [0, 0.05) is 40.0 Å². The fourth-order valence-electron chi connectivity index (χ4n) is 6.10. The Morgan fingerprint density at radius 2 is 1.09 bits per heavy atom. The molecule has 0 radical (unpaired) electrons. The average Bonchev–Trinajstić information content (AvgIpc) is 3.22. The molecular formula is C46H50O8. The summed E-state index contributed by atoms with van der Waals surface area (Å²) in [4.78, 5) is 28.3. The highest BCUT2D eigenvalue weighted by molar-refractivity contribution is 6.13. The lowest BCUT2D eigenvalue weighted by Crippen LogP contribution is -2.09. The van der Waals surface area contributed by atoms with Gasteiger partial charge in [-0.15, -0.1) is 0 Å². The van der Waals surface area contributed by atoms with Crippen LogP contribution in [0.15, 0.2) is 122 Å². The maximum atomic E-state index is 14.6. The minimum absolute atomic E-state index is 0.0889. The van der Waals surface area contributed by atoms with Gasteiger partial charge in [0.25, 0.3) is 0 Å². The van der Waals surface area contributed by atoms with E-state index in [0.717, 1.165) is 28.7 Å². The van der Waals surface area contributed by atoms with E-state index < -0.39 is 0 Å². The lowest BCUT2D eigenvalue weighted by atomic mass is 9.86. The Morgan fingerprint density at radius 1 is 0.593 bits per heavy atom. The second-order valence-electron chi connectivity index (χ2n) is 12.3. The molecule has 0 saturated heterocycles. The van der Waals surface area contributed by atoms with Gasteiger partial charge in [-0.05, 0) is 116 Å². The predicted octanol–water partition coefficient (Wildman–Crippen LogP) is 10.4. The topological polar surface area (TPSA) is 89.5 Å². The summed E-state index contributed by atoms with van der Waals surface area (Å²) in [5, 5.41) is 0. The standard InChI is InChI=1S/C46H50O8/c1-8-12-40(41-26-24-38(50-5)31-45(41)52-7)42(46(48)33-17-21-36(22-18-33)54-28-10-3)14-11-13-34(39-25-23-37(49-4)30-44(39)51-6)29-43(47)32-15-19-35(20-16-32)53-27-9-2/h9-10,15-26,29-31H,2-3,8,11-14,27-28H2,1,4-7H3/b34-29?,42-40+. The van der Waals surface area contributed by atoms with Crippen molar-refractivity contribution in [3.63, 3.8) is 0 Å². The van der Waals surface area contributed by atoms with Gasteiger partial charge in [-0.3, -0.25) is 9.59 Å². The monoisotopic (exact) mass is 730 g/mol. The van der Waals surface area contributed by atoms with Gasteiger partial charge in [-0.25, -0.2) is 0 Å². The number of hydrogen-bond donors (Lipinski definition) is 0. The molecule has 0 heterocycles. The number of benzene rings is 4. The van der Waals surface area contributed by atoms with Gasteiger partial charge in [0.15, 0.2) is 11.6 Å². The normalized spacial score (nSPS) is 11.5. The van der Waals surface area contributed by atoms with Crippen LogP contribution < -0.4 is 28.4 Å². The summed E-state index contributed by atoms with van der Waals surface area (Å²) in [6, 6.07) is 25.4. The molecule has 0 fully saturated rings. The highest BCUT2D eigenvalue weighted by atomic mass is 16.5. The van der Waals surface area contributed by atoms with Crippen LogP contribution in [0.5, 0.6) is 34.5 Å². The van der Waals surface area contributed by atoms with Crippen LogP contribution in [0.3, 0.4) is 0 Å². The number of ketones is 2. The van der Waals surface area contributed by atoms with Crippen LogP contribution >= 0.6 is 0 Å². The van der Waals surface area contributed by atoms with Crippen molar-refractivity contribution in [1.29, 1.82) is 0 Å². The van der Waals surface area contributed by atoms with E-state index in [1.165, 1.54) is 0 Å². The van der Waals surface area contributed by atoms with Gasteiger partial charge in [0.05, 0.1) is 28.4 Å². The Kier molecular flexibility index (Phi) is 15.8. The van der Waals surface area contributed by atoms with Crippen molar-refractivity contribution < 1.29 is 38.0 Å². The Bertz CT molecular complexity index is 1950. The quantitative estimate of drug-likeness (QED) is 0.0449. The molecule has 282 valence electrons. The molecular weight excluding hydrogens is 680 g/mol. The van der Waals surface area contributed by atoms with E-state index in [4.69, 9.17) is 28.4 Å². The molecule has 0 aliphatic rings. The zero-order chi connectivity index (χ0) is 38.9. The molecule has 0 aromatic heterocycles. The van der Waals surface area contributed by atoms with Crippen molar-refractivity contribution in [1.82, 2.24) is 0 Å². The molecule has 8 heteroatoms. The summed E-state index contributed by atoms with van der Waals surface area (Å²) in [5.41, 5.74) is 4.98. The first-order valence-corrected chi connectivity index (χ1v) is 17.9. The van der Waals surface area contributed by atoms with E-state index in [1.54, 1.807) is 101 Å². The minimum atomic E-state index is -0.168. The van der Waals surface area contributed by atoms with E-state index in [-0.39, 0.29) is 11.6 Å². The second-order valence-corrected chi connectivity index (χ2v) is 12.3. The molecule has 4 aromatic carbocycles. The van der Waals surface area contributed by atoms with Crippen LogP contribution in [0.1, 0.15) is 70.9 Å². The summed E-state index contributed by atoms with van der Waals surface area (Å²) < 4.78 is 33.8. The van der Waals surface area contributed by atoms with Crippen molar-refractivity contribution in [2.75, 3.05) is 41.7 Å². The summed E-state index contributed by atoms with van der Waals surface area (Å²) in [6.45, 7) is 10.2. The van der Waals surface area contributed by atoms with Gasteiger partial charge < -0.3 is 28.4 Å². The maximum Gasteiger partial charge on any atom is 0.189 e. The zero-order valence-electron chi connectivity index (χ0n) is 31.9. The van der Waals surface area contributed by atoms with Crippen LogP contribution in [0.2, 0.25) is 0 Å². The number of rotatable bonds is 22. The third-order valence-electron chi connectivity index (χ3n) is 8.80. The molecule has 0 aliphatic heterocycles. The average molecular weight is 731 g/mol. The lowest BCUT2D eigenvalue weighted by Gasteiger charge is -2.19. The molecule has 54 heavy (non-hydrogen) atoms. The SMILES string of the molecule is C=CCOc1ccc(C(=O)C=C(CCC/C(C(=O)c2ccc(OCC=C)cc2)=C(/CCC)c2ccc(OC)cc2OC)c2ccc(OC)cc2OC)cc1. The zero-order valence-corrected chi connectivity index (χ0v) is 31.9. The van der Waals surface area contributed by atoms with Crippen LogP contribution in [-0.4, -0.2) is 53.2 Å². The number of ether oxygens (including phenoxy) is 6. The Hall–Kier alpha value is -6.02. The highest BCUT2D eigenvalue weighted by Crippen LogP contribution is 2.39. The fourth-order valence-corrected chi connectivity index (χ4v) is 6.10. The summed E-state index contributed by atoms with van der Waals surface area (Å²) in [7, 11) is 6.40. The maximum absolute atomic E-state index is 14.6. The van der Waals surface area contributed by atoms with E-state index in [0.29, 0.717) is 90.1 Å². The van der Waals surface area contributed by atoms with E-state index in [9.17, 15) is 9.59 Å². The van der Waals surface area contributed by atoms with Gasteiger partial charge in [-0.1, -0.05) is 38.7 Å². The van der Waals surface area contributed by atoms with Gasteiger partial charge in [0.2, 0.25) is 0 Å². The van der Waals surface area contributed by atoms with Gasteiger partial charge >= 0.3 is 0 Å². The molecule has 8 nitrogen and oxygen atoms in total. The van der Waals surface area contributed by atoms with Crippen molar-refractivity contribution >= 4 is 22.7 Å². The molecule has 0 saturated carbocycles. The number of carbonyl (C=O) groups excluding carboxylic acids is 2. The van der Waals surface area contributed by atoms with Crippen molar-refractivity contribution in [3.8, 4) is 34.5 Å². The first-order valence-electron chi connectivity index (χ1n) is 17.9. The first-order chi connectivity index (χ1) is 26.3. The summed E-state index contributed by atoms with van der Waals surface area (Å²) in [5.74, 6) is 3.51. The lowest BCUT2D eigenvalue weighted by molar-refractivity contribution is 0.102. The number of hydrogen-bond acceptors (Lipinski definition) is 8. The molecule has 0 amide bonds. The number of methoxy groups -OCH3 is 4. The van der Waals surface area contributed by atoms with Gasteiger partial charge in [0.1, 0.15) is 47.7 Å². The Labute approximate surface area is 319 Å². The molecule has 0 unspecified atom stereocenters. The van der Waals surface area contributed by atoms with Crippen LogP contribution in [0.4, 0.5) is 0 Å². The second kappa shape index (κ2) is 20.9. The fraction of sp³-hybridized carbons (Fsp3) is 0.261. The number of carbonyl (C=O) groups is 2. The third kappa shape index (κ3) is 10.8. The third-order valence-corrected chi connectivity index (χ3v) is 8.80. The van der Waals surface area contributed by atoms with E-state index >= 15 is 0 Å². The molecule has 0 N–H and O–H groups in total. The summed E-state index contributed by atoms with van der Waals surface area (Å²) >= 11 is 0. The van der Waals surface area contributed by atoms with Crippen LogP contribution in [0.25, 0.3) is 11.1 Å². The van der Waals surface area contributed by atoms with E-state index in [1.807, 2.05) is 30.3 Å². The van der Waals surface area contributed by atoms with Crippen LogP contribution in [-0.2, 0) is 0 Å². The van der Waals surface area contributed by atoms with Crippen molar-refractivity contribution in [2.24, 2.45) is 0 Å². The molecule has 0 aliphatic carbocycles. The smallest absolute Gasteiger partial charge is 0.189 e.